The van der Waals surface area contributed by atoms with Crippen LogP contribution in [0.1, 0.15) is 17.0 Å². The van der Waals surface area contributed by atoms with Crippen LogP contribution in [0.5, 0.6) is 0 Å². The Morgan fingerprint density at radius 2 is 1.90 bits per heavy atom. The highest BCUT2D eigenvalue weighted by molar-refractivity contribution is 6.31. The molecule has 2 aromatic carbocycles. The third-order valence-corrected chi connectivity index (χ3v) is 3.52. The molecule has 0 saturated carbocycles. The Bertz CT molecular complexity index is 673. The van der Waals surface area contributed by atoms with Crippen molar-refractivity contribution in [3.8, 4) is 0 Å². The van der Waals surface area contributed by atoms with E-state index >= 15 is 0 Å². The lowest BCUT2D eigenvalue weighted by Crippen LogP contribution is -2.14. The van der Waals surface area contributed by atoms with Crippen molar-refractivity contribution in [1.29, 1.82) is 0 Å². The van der Waals surface area contributed by atoms with Gasteiger partial charge < -0.3 is 5.11 Å². The molecule has 21 heavy (non-hydrogen) atoms. The number of nitro benzene ring substituents is 1. The fourth-order valence-corrected chi connectivity index (χ4v) is 2.32. The van der Waals surface area contributed by atoms with Gasteiger partial charge in [-0.15, -0.1) is 0 Å². The molecule has 0 amide bonds. The Balaban J connectivity index is 2.30. The van der Waals surface area contributed by atoms with E-state index in [-0.39, 0.29) is 17.1 Å². The number of nitrogens with zero attached hydrogens (tertiary/aromatic N) is 1. The molecule has 0 fully saturated rings. The highest BCUT2D eigenvalue weighted by Gasteiger charge is 2.22. The number of nitro groups is 1. The lowest BCUT2D eigenvalue weighted by atomic mass is 9.92. The van der Waals surface area contributed by atoms with Gasteiger partial charge in [-0.2, -0.15) is 0 Å². The predicted molar refractivity (Wildman–Crippen MR) is 78.6 cm³/mol. The van der Waals surface area contributed by atoms with E-state index in [4.69, 9.17) is 11.6 Å². The SMILES string of the molecule is O=C(O)C(Cc1ccc([N+](=O)[O-])cc1Cl)c1ccccc1. The molecule has 6 heteroatoms. The molecule has 0 radical (unpaired) electrons. The standard InChI is InChI=1S/C15H12ClNO4/c16-14-9-12(17(20)21)7-6-11(14)8-13(15(18)19)10-4-2-1-3-5-10/h1-7,9,13H,8H2,(H,18,19). The van der Waals surface area contributed by atoms with Gasteiger partial charge in [-0.05, 0) is 17.5 Å². The number of benzene rings is 2. The molecule has 0 aliphatic heterocycles. The first-order valence-electron chi connectivity index (χ1n) is 6.19. The van der Waals surface area contributed by atoms with Crippen molar-refractivity contribution in [3.05, 3.63) is 74.8 Å². The average Bonchev–Trinajstić information content (AvgIpc) is 2.46. The summed E-state index contributed by atoms with van der Waals surface area (Å²) in [5.74, 6) is -1.71. The Hall–Kier alpha value is -2.40. The number of carboxylic acids is 1. The molecular formula is C15H12ClNO4. The van der Waals surface area contributed by atoms with Gasteiger partial charge in [0.15, 0.2) is 0 Å². The third kappa shape index (κ3) is 3.58. The summed E-state index contributed by atoms with van der Waals surface area (Å²) < 4.78 is 0. The van der Waals surface area contributed by atoms with Crippen LogP contribution in [0.15, 0.2) is 48.5 Å². The summed E-state index contributed by atoms with van der Waals surface area (Å²) in [6.45, 7) is 0. The Kier molecular flexibility index (Phi) is 4.55. The summed E-state index contributed by atoms with van der Waals surface area (Å²) in [4.78, 5) is 21.6. The van der Waals surface area contributed by atoms with Crippen LogP contribution in [0.4, 0.5) is 5.69 Å². The number of carbonyl (C=O) groups is 1. The number of hydrogen-bond donors (Lipinski definition) is 1. The molecule has 2 aromatic rings. The monoisotopic (exact) mass is 305 g/mol. The van der Waals surface area contributed by atoms with Crippen LogP contribution >= 0.6 is 11.6 Å². The molecule has 1 unspecified atom stereocenters. The van der Waals surface area contributed by atoms with E-state index in [1.54, 1.807) is 30.3 Å². The number of aliphatic carboxylic acids is 1. The maximum atomic E-state index is 11.4. The van der Waals surface area contributed by atoms with Crippen LogP contribution in [0.2, 0.25) is 5.02 Å². The zero-order valence-electron chi connectivity index (χ0n) is 10.9. The molecule has 5 nitrogen and oxygen atoms in total. The summed E-state index contributed by atoms with van der Waals surface area (Å²) in [6.07, 6.45) is 0.177. The second-order valence-corrected chi connectivity index (χ2v) is 4.95. The van der Waals surface area contributed by atoms with Crippen molar-refractivity contribution in [2.45, 2.75) is 12.3 Å². The number of non-ortho nitro benzene ring substituents is 1. The molecule has 0 heterocycles. The normalized spacial score (nSPS) is 11.9. The predicted octanol–water partition coefficient (Wildman–Crippen LogP) is 3.66. The minimum atomic E-state index is -0.962. The zero-order valence-corrected chi connectivity index (χ0v) is 11.7. The first kappa shape index (κ1) is 15.0. The largest absolute Gasteiger partial charge is 0.481 e. The number of rotatable bonds is 5. The van der Waals surface area contributed by atoms with Crippen LogP contribution in [0.25, 0.3) is 0 Å². The second kappa shape index (κ2) is 6.37. The molecule has 0 saturated heterocycles. The van der Waals surface area contributed by atoms with E-state index in [0.717, 1.165) is 0 Å². The first-order valence-corrected chi connectivity index (χ1v) is 6.57. The van der Waals surface area contributed by atoms with Crippen molar-refractivity contribution < 1.29 is 14.8 Å². The van der Waals surface area contributed by atoms with E-state index in [1.165, 1.54) is 18.2 Å². The molecule has 108 valence electrons. The van der Waals surface area contributed by atoms with Gasteiger partial charge in [0.05, 0.1) is 15.9 Å². The number of carboxylic acid groups (broad SMARTS) is 1. The molecular weight excluding hydrogens is 294 g/mol. The van der Waals surface area contributed by atoms with Gasteiger partial charge >= 0.3 is 5.97 Å². The van der Waals surface area contributed by atoms with E-state index < -0.39 is 16.8 Å². The summed E-state index contributed by atoms with van der Waals surface area (Å²) in [6, 6.07) is 12.9. The summed E-state index contributed by atoms with van der Waals surface area (Å²) >= 11 is 6.01. The first-order chi connectivity index (χ1) is 9.99. The van der Waals surface area contributed by atoms with Crippen LogP contribution in [-0.2, 0) is 11.2 Å². The van der Waals surface area contributed by atoms with Crippen LogP contribution in [0, 0.1) is 10.1 Å². The van der Waals surface area contributed by atoms with Crippen LogP contribution in [-0.4, -0.2) is 16.0 Å². The molecule has 0 aliphatic rings. The minimum Gasteiger partial charge on any atom is -0.481 e. The van der Waals surface area contributed by atoms with Gasteiger partial charge in [0, 0.05) is 12.1 Å². The Morgan fingerprint density at radius 3 is 2.43 bits per heavy atom. The van der Waals surface area contributed by atoms with Gasteiger partial charge in [-0.3, -0.25) is 14.9 Å². The highest BCUT2D eigenvalue weighted by atomic mass is 35.5. The van der Waals surface area contributed by atoms with E-state index in [0.29, 0.717) is 11.1 Å². The fraction of sp³-hybridized carbons (Fsp3) is 0.133. The average molecular weight is 306 g/mol. The third-order valence-electron chi connectivity index (χ3n) is 3.17. The minimum absolute atomic E-state index is 0.115. The van der Waals surface area contributed by atoms with Gasteiger partial charge in [-0.25, -0.2) is 0 Å². The molecule has 0 bridgehead atoms. The van der Waals surface area contributed by atoms with Crippen molar-refractivity contribution >= 4 is 23.3 Å². The van der Waals surface area contributed by atoms with Crippen molar-refractivity contribution in [2.24, 2.45) is 0 Å². The Labute approximate surface area is 125 Å². The van der Waals surface area contributed by atoms with Crippen LogP contribution < -0.4 is 0 Å². The summed E-state index contributed by atoms with van der Waals surface area (Å²) in [5, 5.41) is 20.2. The van der Waals surface area contributed by atoms with E-state index in [1.807, 2.05) is 0 Å². The maximum absolute atomic E-state index is 11.4. The van der Waals surface area contributed by atoms with Crippen molar-refractivity contribution in [1.82, 2.24) is 0 Å². The smallest absolute Gasteiger partial charge is 0.311 e. The quantitative estimate of drug-likeness (QED) is 0.675. The van der Waals surface area contributed by atoms with E-state index in [2.05, 4.69) is 0 Å². The van der Waals surface area contributed by atoms with Gasteiger partial charge in [-0.1, -0.05) is 48.0 Å². The molecule has 2 rings (SSSR count). The second-order valence-electron chi connectivity index (χ2n) is 4.54. The van der Waals surface area contributed by atoms with E-state index in [9.17, 15) is 20.0 Å². The highest BCUT2D eigenvalue weighted by Crippen LogP contribution is 2.28. The zero-order chi connectivity index (χ0) is 15.4. The lowest BCUT2D eigenvalue weighted by molar-refractivity contribution is -0.384. The maximum Gasteiger partial charge on any atom is 0.311 e. The molecule has 1 N–H and O–H groups in total. The molecule has 0 spiro atoms. The van der Waals surface area contributed by atoms with Gasteiger partial charge in [0.2, 0.25) is 0 Å². The van der Waals surface area contributed by atoms with Gasteiger partial charge in [0.1, 0.15) is 0 Å². The topological polar surface area (TPSA) is 80.4 Å². The molecule has 0 aliphatic carbocycles. The van der Waals surface area contributed by atoms with Gasteiger partial charge in [0.25, 0.3) is 5.69 Å². The molecule has 1 atom stereocenters. The van der Waals surface area contributed by atoms with Crippen molar-refractivity contribution in [2.75, 3.05) is 0 Å². The summed E-state index contributed by atoms with van der Waals surface area (Å²) in [5.41, 5.74) is 1.12. The number of halogens is 1. The fourth-order valence-electron chi connectivity index (χ4n) is 2.07. The summed E-state index contributed by atoms with van der Waals surface area (Å²) in [7, 11) is 0. The van der Waals surface area contributed by atoms with Crippen molar-refractivity contribution in [3.63, 3.8) is 0 Å². The Morgan fingerprint density at radius 1 is 1.24 bits per heavy atom. The lowest BCUT2D eigenvalue weighted by Gasteiger charge is -2.13. The van der Waals surface area contributed by atoms with Crippen LogP contribution in [0.3, 0.4) is 0 Å². The molecule has 0 aromatic heterocycles. The number of hydrogen-bond acceptors (Lipinski definition) is 3.